The Morgan fingerprint density at radius 2 is 2.27 bits per heavy atom. The highest BCUT2D eigenvalue weighted by Gasteiger charge is 2.03. The van der Waals surface area contributed by atoms with Gasteiger partial charge in [-0.05, 0) is 12.3 Å². The first-order valence-electron chi connectivity index (χ1n) is 3.68. The van der Waals surface area contributed by atoms with E-state index >= 15 is 0 Å². The Balaban J connectivity index is 2.78. The van der Waals surface area contributed by atoms with Crippen molar-refractivity contribution in [2.45, 2.75) is 20.3 Å². The van der Waals surface area contributed by atoms with E-state index < -0.39 is 0 Å². The number of aromatic nitrogens is 2. The third-order valence-electron chi connectivity index (χ3n) is 1.39. The van der Waals surface area contributed by atoms with Gasteiger partial charge in [-0.3, -0.25) is 0 Å². The molecule has 0 saturated heterocycles. The summed E-state index contributed by atoms with van der Waals surface area (Å²) in [6.45, 7) is 4.18. The second kappa shape index (κ2) is 3.32. The van der Waals surface area contributed by atoms with Crippen LogP contribution >= 0.6 is 0 Å². The van der Waals surface area contributed by atoms with Crippen LogP contribution in [0, 0.1) is 5.92 Å². The fourth-order valence-corrected chi connectivity index (χ4v) is 0.936. The summed E-state index contributed by atoms with van der Waals surface area (Å²) in [5.41, 5.74) is 0.822. The molecule has 3 heteroatoms. The molecule has 1 aromatic heterocycles. The Hall–Kier alpha value is -1.12. The minimum Gasteiger partial charge on any atom is -0.493 e. The second-order valence-corrected chi connectivity index (χ2v) is 2.97. The maximum atomic E-state index is 9.21. The summed E-state index contributed by atoms with van der Waals surface area (Å²) in [7, 11) is 0. The molecule has 3 nitrogen and oxygen atoms in total. The van der Waals surface area contributed by atoms with Crippen molar-refractivity contribution in [1.82, 2.24) is 9.97 Å². The molecule has 1 N–H and O–H groups in total. The van der Waals surface area contributed by atoms with E-state index in [0.29, 0.717) is 5.92 Å². The van der Waals surface area contributed by atoms with E-state index in [1.807, 2.05) is 0 Å². The summed E-state index contributed by atoms with van der Waals surface area (Å²) in [6, 6.07) is 0. The molecule has 0 radical (unpaired) electrons. The van der Waals surface area contributed by atoms with Gasteiger partial charge in [0, 0.05) is 11.8 Å². The van der Waals surface area contributed by atoms with Gasteiger partial charge >= 0.3 is 0 Å². The highest BCUT2D eigenvalue weighted by Crippen LogP contribution is 2.14. The molecule has 0 amide bonds. The molecule has 0 unspecified atom stereocenters. The third kappa shape index (κ3) is 2.18. The Labute approximate surface area is 66.1 Å². The average Bonchev–Trinajstić information content (AvgIpc) is 1.93. The van der Waals surface area contributed by atoms with Crippen LogP contribution in [0.2, 0.25) is 0 Å². The zero-order valence-corrected chi connectivity index (χ0v) is 6.78. The Kier molecular flexibility index (Phi) is 2.41. The van der Waals surface area contributed by atoms with Gasteiger partial charge in [0.1, 0.15) is 6.33 Å². The van der Waals surface area contributed by atoms with Crippen molar-refractivity contribution in [2.24, 2.45) is 5.92 Å². The quantitative estimate of drug-likeness (QED) is 0.696. The summed E-state index contributed by atoms with van der Waals surface area (Å²) >= 11 is 0. The van der Waals surface area contributed by atoms with Crippen LogP contribution in [-0.4, -0.2) is 15.1 Å². The lowest BCUT2D eigenvalue weighted by Crippen LogP contribution is -1.96. The van der Waals surface area contributed by atoms with Crippen molar-refractivity contribution >= 4 is 0 Å². The zero-order valence-electron chi connectivity index (χ0n) is 6.78. The van der Waals surface area contributed by atoms with Crippen molar-refractivity contribution in [3.8, 4) is 5.88 Å². The van der Waals surface area contributed by atoms with Crippen molar-refractivity contribution in [1.29, 1.82) is 0 Å². The lowest BCUT2D eigenvalue weighted by atomic mass is 10.1. The number of aromatic hydroxyl groups is 1. The van der Waals surface area contributed by atoms with Crippen LogP contribution in [0.25, 0.3) is 0 Å². The number of hydrogen-bond donors (Lipinski definition) is 1. The van der Waals surface area contributed by atoms with Gasteiger partial charge in [0.25, 0.3) is 0 Å². The van der Waals surface area contributed by atoms with Crippen LogP contribution < -0.4 is 0 Å². The summed E-state index contributed by atoms with van der Waals surface area (Å²) in [4.78, 5) is 7.50. The summed E-state index contributed by atoms with van der Waals surface area (Å²) < 4.78 is 0. The van der Waals surface area contributed by atoms with E-state index in [1.165, 1.54) is 6.33 Å². The Morgan fingerprint density at radius 1 is 1.55 bits per heavy atom. The van der Waals surface area contributed by atoms with Crippen LogP contribution in [0.15, 0.2) is 12.5 Å². The SMILES string of the molecule is CC(C)Cc1cncnc1O. The van der Waals surface area contributed by atoms with Gasteiger partial charge in [-0.2, -0.15) is 0 Å². The predicted molar refractivity (Wildman–Crippen MR) is 42.2 cm³/mol. The summed E-state index contributed by atoms with van der Waals surface area (Å²) in [6.07, 6.45) is 3.83. The highest BCUT2D eigenvalue weighted by molar-refractivity contribution is 5.20. The molecule has 0 atom stereocenters. The smallest absolute Gasteiger partial charge is 0.217 e. The maximum absolute atomic E-state index is 9.21. The number of rotatable bonds is 2. The molecule has 0 spiro atoms. The molecule has 0 aliphatic heterocycles. The molecule has 11 heavy (non-hydrogen) atoms. The van der Waals surface area contributed by atoms with Crippen molar-refractivity contribution < 1.29 is 5.11 Å². The molecule has 0 bridgehead atoms. The largest absolute Gasteiger partial charge is 0.493 e. The number of hydrogen-bond acceptors (Lipinski definition) is 3. The normalized spacial score (nSPS) is 10.5. The van der Waals surface area contributed by atoms with Gasteiger partial charge in [-0.15, -0.1) is 0 Å². The third-order valence-corrected chi connectivity index (χ3v) is 1.39. The molecule has 0 aliphatic carbocycles. The molecule has 0 aromatic carbocycles. The van der Waals surface area contributed by atoms with E-state index in [0.717, 1.165) is 12.0 Å². The van der Waals surface area contributed by atoms with Crippen LogP contribution in [0.4, 0.5) is 0 Å². The Bertz CT molecular complexity index is 235. The van der Waals surface area contributed by atoms with Crippen molar-refractivity contribution in [2.75, 3.05) is 0 Å². The summed E-state index contributed by atoms with van der Waals surface area (Å²) in [5, 5.41) is 9.21. The predicted octanol–water partition coefficient (Wildman–Crippen LogP) is 1.38. The first-order valence-corrected chi connectivity index (χ1v) is 3.68. The van der Waals surface area contributed by atoms with Crippen molar-refractivity contribution in [3.63, 3.8) is 0 Å². The minimum atomic E-state index is 0.105. The monoisotopic (exact) mass is 152 g/mol. The average molecular weight is 152 g/mol. The van der Waals surface area contributed by atoms with E-state index in [1.54, 1.807) is 6.20 Å². The molecule has 60 valence electrons. The number of nitrogens with zero attached hydrogens (tertiary/aromatic N) is 2. The zero-order chi connectivity index (χ0) is 8.27. The minimum absolute atomic E-state index is 0.105. The molecule has 0 aliphatic rings. The molecular formula is C8H12N2O. The lowest BCUT2D eigenvalue weighted by molar-refractivity contribution is 0.439. The van der Waals surface area contributed by atoms with E-state index in [2.05, 4.69) is 23.8 Å². The molecule has 1 rings (SSSR count). The van der Waals surface area contributed by atoms with Gasteiger partial charge in [0.15, 0.2) is 0 Å². The van der Waals surface area contributed by atoms with Gasteiger partial charge < -0.3 is 5.11 Å². The van der Waals surface area contributed by atoms with Gasteiger partial charge in [0.05, 0.1) is 0 Å². The van der Waals surface area contributed by atoms with Crippen molar-refractivity contribution in [3.05, 3.63) is 18.1 Å². The topological polar surface area (TPSA) is 46.0 Å². The highest BCUT2D eigenvalue weighted by atomic mass is 16.3. The first kappa shape index (κ1) is 7.98. The molecule has 1 aromatic rings. The second-order valence-electron chi connectivity index (χ2n) is 2.97. The molecule has 0 fully saturated rings. The van der Waals surface area contributed by atoms with Crippen LogP contribution in [-0.2, 0) is 6.42 Å². The summed E-state index contributed by atoms with van der Waals surface area (Å²) in [5.74, 6) is 0.626. The maximum Gasteiger partial charge on any atom is 0.217 e. The van der Waals surface area contributed by atoms with Crippen LogP contribution in [0.1, 0.15) is 19.4 Å². The Morgan fingerprint density at radius 3 is 2.82 bits per heavy atom. The fourth-order valence-electron chi connectivity index (χ4n) is 0.936. The van der Waals surface area contributed by atoms with E-state index in [4.69, 9.17) is 0 Å². The van der Waals surface area contributed by atoms with E-state index in [9.17, 15) is 5.11 Å². The van der Waals surface area contributed by atoms with Gasteiger partial charge in [-0.25, -0.2) is 9.97 Å². The molecule has 1 heterocycles. The van der Waals surface area contributed by atoms with Gasteiger partial charge in [0.2, 0.25) is 5.88 Å². The van der Waals surface area contributed by atoms with E-state index in [-0.39, 0.29) is 5.88 Å². The molecule has 0 saturated carbocycles. The lowest BCUT2D eigenvalue weighted by Gasteiger charge is -2.04. The van der Waals surface area contributed by atoms with Crippen LogP contribution in [0.3, 0.4) is 0 Å². The van der Waals surface area contributed by atoms with Gasteiger partial charge in [-0.1, -0.05) is 13.8 Å². The first-order chi connectivity index (χ1) is 5.20. The van der Waals surface area contributed by atoms with Crippen LogP contribution in [0.5, 0.6) is 5.88 Å². The molecular weight excluding hydrogens is 140 g/mol. The standard InChI is InChI=1S/C8H12N2O/c1-6(2)3-7-4-9-5-10-8(7)11/h4-6H,3H2,1-2H3,(H,9,10,11). The fraction of sp³-hybridized carbons (Fsp3) is 0.500.